The maximum atomic E-state index is 11.2. The highest BCUT2D eigenvalue weighted by molar-refractivity contribution is 5.56. The van der Waals surface area contributed by atoms with E-state index in [1.807, 2.05) is 12.1 Å². The standard InChI is InChI=1S/C16H23N3O2/c1-12-4-7-15(9-16(12)19(20)21)18(10-13-5-6-13)11-14-3-2-8-17-14/h4,7,9,13-14,17H,2-3,5-6,8,10-11H2,1H3. The third-order valence-corrected chi connectivity index (χ3v) is 4.53. The lowest BCUT2D eigenvalue weighted by Gasteiger charge is -2.28. The average Bonchev–Trinajstić information content (AvgIpc) is 3.12. The van der Waals surface area contributed by atoms with E-state index in [0.29, 0.717) is 6.04 Å². The second-order valence-electron chi connectivity index (χ2n) is 6.37. The van der Waals surface area contributed by atoms with Gasteiger partial charge in [0.25, 0.3) is 5.69 Å². The Morgan fingerprint density at radius 3 is 2.76 bits per heavy atom. The first kappa shape index (κ1) is 14.3. The molecule has 1 aromatic carbocycles. The number of nitro benzene ring substituents is 1. The van der Waals surface area contributed by atoms with Crippen LogP contribution in [0.1, 0.15) is 31.2 Å². The summed E-state index contributed by atoms with van der Waals surface area (Å²) in [5.41, 5.74) is 1.95. The molecule has 3 rings (SSSR count). The summed E-state index contributed by atoms with van der Waals surface area (Å²) >= 11 is 0. The van der Waals surface area contributed by atoms with E-state index in [9.17, 15) is 10.1 Å². The summed E-state index contributed by atoms with van der Waals surface area (Å²) < 4.78 is 0. The van der Waals surface area contributed by atoms with Crippen molar-refractivity contribution in [2.45, 2.75) is 38.6 Å². The molecule has 0 radical (unpaired) electrons. The van der Waals surface area contributed by atoms with Crippen LogP contribution in [0, 0.1) is 23.0 Å². The van der Waals surface area contributed by atoms with Gasteiger partial charge in [-0.25, -0.2) is 0 Å². The van der Waals surface area contributed by atoms with Crippen LogP contribution in [0.2, 0.25) is 0 Å². The molecule has 2 aliphatic rings. The molecule has 1 saturated carbocycles. The molecule has 1 heterocycles. The zero-order valence-corrected chi connectivity index (χ0v) is 12.5. The predicted octanol–water partition coefficient (Wildman–Crippen LogP) is 2.87. The predicted molar refractivity (Wildman–Crippen MR) is 83.8 cm³/mol. The summed E-state index contributed by atoms with van der Waals surface area (Å²) in [6.07, 6.45) is 5.02. The van der Waals surface area contributed by atoms with Crippen LogP contribution in [0.5, 0.6) is 0 Å². The lowest BCUT2D eigenvalue weighted by atomic mass is 10.1. The van der Waals surface area contributed by atoms with Gasteiger partial charge in [0.1, 0.15) is 0 Å². The fourth-order valence-electron chi connectivity index (χ4n) is 3.07. The highest BCUT2D eigenvalue weighted by Crippen LogP contribution is 2.33. The zero-order chi connectivity index (χ0) is 14.8. The van der Waals surface area contributed by atoms with Crippen molar-refractivity contribution in [3.63, 3.8) is 0 Å². The van der Waals surface area contributed by atoms with Crippen molar-refractivity contribution in [3.8, 4) is 0 Å². The van der Waals surface area contributed by atoms with Gasteiger partial charge >= 0.3 is 0 Å². The van der Waals surface area contributed by atoms with E-state index in [4.69, 9.17) is 0 Å². The fourth-order valence-corrected chi connectivity index (χ4v) is 3.07. The van der Waals surface area contributed by atoms with E-state index in [1.54, 1.807) is 13.0 Å². The van der Waals surface area contributed by atoms with Crippen LogP contribution < -0.4 is 10.2 Å². The van der Waals surface area contributed by atoms with Gasteiger partial charge in [-0.1, -0.05) is 6.07 Å². The molecule has 1 saturated heterocycles. The molecule has 0 amide bonds. The summed E-state index contributed by atoms with van der Waals surface area (Å²) in [4.78, 5) is 13.2. The molecular formula is C16H23N3O2. The van der Waals surface area contributed by atoms with Gasteiger partial charge in [-0.3, -0.25) is 10.1 Å². The first-order valence-corrected chi connectivity index (χ1v) is 7.87. The monoisotopic (exact) mass is 289 g/mol. The smallest absolute Gasteiger partial charge is 0.274 e. The van der Waals surface area contributed by atoms with E-state index < -0.39 is 0 Å². The topological polar surface area (TPSA) is 58.4 Å². The molecule has 1 aliphatic heterocycles. The Balaban J connectivity index is 1.80. The molecule has 1 aromatic rings. The van der Waals surface area contributed by atoms with E-state index in [1.165, 1.54) is 25.7 Å². The summed E-state index contributed by atoms with van der Waals surface area (Å²) in [6.45, 7) is 4.87. The highest BCUT2D eigenvalue weighted by Gasteiger charge is 2.27. The molecule has 1 N–H and O–H groups in total. The third-order valence-electron chi connectivity index (χ3n) is 4.53. The van der Waals surface area contributed by atoms with Gasteiger partial charge in [0.2, 0.25) is 0 Å². The van der Waals surface area contributed by atoms with Crippen LogP contribution in [0.3, 0.4) is 0 Å². The Labute approximate surface area is 125 Å². The molecule has 0 spiro atoms. The summed E-state index contributed by atoms with van der Waals surface area (Å²) in [7, 11) is 0. The molecular weight excluding hydrogens is 266 g/mol. The second kappa shape index (κ2) is 6.02. The lowest BCUT2D eigenvalue weighted by Crippen LogP contribution is -2.38. The van der Waals surface area contributed by atoms with E-state index in [2.05, 4.69) is 10.2 Å². The molecule has 2 fully saturated rings. The van der Waals surface area contributed by atoms with Crippen LogP contribution >= 0.6 is 0 Å². The van der Waals surface area contributed by atoms with Gasteiger partial charge in [0, 0.05) is 36.4 Å². The van der Waals surface area contributed by atoms with E-state index in [0.717, 1.165) is 36.8 Å². The number of hydrogen-bond donors (Lipinski definition) is 1. The Morgan fingerprint density at radius 1 is 1.33 bits per heavy atom. The quantitative estimate of drug-likeness (QED) is 0.646. The number of aryl methyl sites for hydroxylation is 1. The van der Waals surface area contributed by atoms with Gasteiger partial charge in [-0.15, -0.1) is 0 Å². The number of anilines is 1. The summed E-state index contributed by atoms with van der Waals surface area (Å²) in [6, 6.07) is 6.16. The number of nitrogens with one attached hydrogen (secondary N) is 1. The Morgan fingerprint density at radius 2 is 2.14 bits per heavy atom. The largest absolute Gasteiger partial charge is 0.369 e. The Bertz CT molecular complexity index is 522. The van der Waals surface area contributed by atoms with Crippen molar-refractivity contribution < 1.29 is 4.92 Å². The molecule has 1 unspecified atom stereocenters. The number of nitrogens with zero attached hydrogens (tertiary/aromatic N) is 2. The minimum atomic E-state index is -0.276. The lowest BCUT2D eigenvalue weighted by molar-refractivity contribution is -0.385. The number of benzene rings is 1. The van der Waals surface area contributed by atoms with Gasteiger partial charge in [0.05, 0.1) is 4.92 Å². The SMILES string of the molecule is Cc1ccc(N(CC2CC2)CC2CCCN2)cc1[N+](=O)[O-]. The van der Waals surface area contributed by atoms with Crippen molar-refractivity contribution >= 4 is 11.4 Å². The highest BCUT2D eigenvalue weighted by atomic mass is 16.6. The first-order chi connectivity index (χ1) is 10.1. The van der Waals surface area contributed by atoms with E-state index in [-0.39, 0.29) is 10.6 Å². The van der Waals surface area contributed by atoms with Crippen LogP contribution in [-0.2, 0) is 0 Å². The van der Waals surface area contributed by atoms with Gasteiger partial charge < -0.3 is 10.2 Å². The summed E-state index contributed by atoms with van der Waals surface area (Å²) in [5, 5.41) is 14.7. The van der Waals surface area contributed by atoms with Crippen molar-refractivity contribution in [3.05, 3.63) is 33.9 Å². The number of hydrogen-bond acceptors (Lipinski definition) is 4. The zero-order valence-electron chi connectivity index (χ0n) is 12.5. The maximum absolute atomic E-state index is 11.2. The van der Waals surface area contributed by atoms with Crippen LogP contribution in [-0.4, -0.2) is 30.6 Å². The molecule has 5 heteroatoms. The van der Waals surface area contributed by atoms with Crippen molar-refractivity contribution in [2.24, 2.45) is 5.92 Å². The minimum Gasteiger partial charge on any atom is -0.369 e. The van der Waals surface area contributed by atoms with Gasteiger partial charge in [-0.05, 0) is 51.1 Å². The minimum absolute atomic E-state index is 0.229. The number of nitro groups is 1. The molecule has 1 atom stereocenters. The normalized spacial score (nSPS) is 21.5. The van der Waals surface area contributed by atoms with Crippen LogP contribution in [0.25, 0.3) is 0 Å². The van der Waals surface area contributed by atoms with Crippen LogP contribution in [0.15, 0.2) is 18.2 Å². The third kappa shape index (κ3) is 3.53. The van der Waals surface area contributed by atoms with Crippen molar-refractivity contribution in [1.82, 2.24) is 5.32 Å². The average molecular weight is 289 g/mol. The van der Waals surface area contributed by atoms with Gasteiger partial charge in [0.15, 0.2) is 0 Å². The van der Waals surface area contributed by atoms with E-state index >= 15 is 0 Å². The Kier molecular flexibility index (Phi) is 4.10. The number of rotatable bonds is 6. The molecule has 5 nitrogen and oxygen atoms in total. The Hall–Kier alpha value is -1.62. The molecule has 0 aromatic heterocycles. The first-order valence-electron chi connectivity index (χ1n) is 7.87. The molecule has 21 heavy (non-hydrogen) atoms. The van der Waals surface area contributed by atoms with Crippen molar-refractivity contribution in [2.75, 3.05) is 24.5 Å². The second-order valence-corrected chi connectivity index (χ2v) is 6.37. The van der Waals surface area contributed by atoms with Crippen LogP contribution in [0.4, 0.5) is 11.4 Å². The molecule has 1 aliphatic carbocycles. The van der Waals surface area contributed by atoms with Crippen molar-refractivity contribution in [1.29, 1.82) is 0 Å². The molecule has 0 bridgehead atoms. The fraction of sp³-hybridized carbons (Fsp3) is 0.625. The summed E-state index contributed by atoms with van der Waals surface area (Å²) in [5.74, 6) is 0.770. The van der Waals surface area contributed by atoms with Gasteiger partial charge in [-0.2, -0.15) is 0 Å². The maximum Gasteiger partial charge on any atom is 0.274 e. The molecule has 114 valence electrons.